The summed E-state index contributed by atoms with van der Waals surface area (Å²) >= 11 is 0. The zero-order valence-corrected chi connectivity index (χ0v) is 11.0. The van der Waals surface area contributed by atoms with E-state index in [1.54, 1.807) is 0 Å². The second-order valence-electron chi connectivity index (χ2n) is 4.49. The monoisotopic (exact) mass is 246 g/mol. The highest BCUT2D eigenvalue weighted by Gasteiger charge is 2.02. The highest BCUT2D eigenvalue weighted by atomic mass is 15.2. The average Bonchev–Trinajstić information content (AvgIpc) is 2.45. The molecule has 2 rings (SSSR count). The third-order valence-electron chi connectivity index (χ3n) is 2.89. The lowest BCUT2D eigenvalue weighted by atomic mass is 10.2. The van der Waals surface area contributed by atoms with E-state index >= 15 is 0 Å². The van der Waals surface area contributed by atoms with Gasteiger partial charge in [-0.05, 0) is 30.5 Å². The molecule has 0 bridgehead atoms. The second kappa shape index (κ2) is 6.89. The van der Waals surface area contributed by atoms with Gasteiger partial charge in [-0.2, -0.15) is 0 Å². The van der Waals surface area contributed by atoms with Crippen LogP contribution < -0.4 is 16.0 Å². The van der Waals surface area contributed by atoms with Crippen molar-refractivity contribution in [2.45, 2.75) is 26.3 Å². The highest BCUT2D eigenvalue weighted by Crippen LogP contribution is 2.09. The van der Waals surface area contributed by atoms with Crippen LogP contribution in [0.15, 0.2) is 29.3 Å². The summed E-state index contributed by atoms with van der Waals surface area (Å²) < 4.78 is 0. The van der Waals surface area contributed by atoms with E-state index in [-0.39, 0.29) is 0 Å². The number of benzene rings is 1. The summed E-state index contributed by atoms with van der Waals surface area (Å²) in [7, 11) is 0. The fraction of sp³-hybridized carbons (Fsp3) is 0.500. The Morgan fingerprint density at radius 3 is 2.72 bits per heavy atom. The molecule has 0 radical (unpaired) electrons. The van der Waals surface area contributed by atoms with Gasteiger partial charge in [0, 0.05) is 31.9 Å². The maximum Gasteiger partial charge on any atom is 0.191 e. The smallest absolute Gasteiger partial charge is 0.191 e. The molecule has 0 aromatic heterocycles. The molecule has 1 aromatic rings. The Bertz CT molecular complexity index is 383. The molecule has 0 spiro atoms. The first-order chi connectivity index (χ1) is 8.88. The summed E-state index contributed by atoms with van der Waals surface area (Å²) in [6.07, 6.45) is 2.28. The molecular weight excluding hydrogens is 224 g/mol. The van der Waals surface area contributed by atoms with E-state index in [1.165, 1.54) is 11.3 Å². The van der Waals surface area contributed by atoms with Gasteiger partial charge in [0.05, 0.1) is 0 Å². The molecule has 0 unspecified atom stereocenters. The summed E-state index contributed by atoms with van der Waals surface area (Å²) in [5.74, 6) is 0.925. The molecule has 18 heavy (non-hydrogen) atoms. The SMILES string of the molecule is CCCNc1ccc(CNC2=NCCCN2)cc1. The minimum absolute atomic E-state index is 0.819. The quantitative estimate of drug-likeness (QED) is 0.744. The van der Waals surface area contributed by atoms with Crippen molar-refractivity contribution in [2.75, 3.05) is 25.0 Å². The maximum atomic E-state index is 4.38. The number of nitrogens with zero attached hydrogens (tertiary/aromatic N) is 1. The third kappa shape index (κ3) is 3.95. The van der Waals surface area contributed by atoms with E-state index in [4.69, 9.17) is 0 Å². The summed E-state index contributed by atoms with van der Waals surface area (Å²) in [6, 6.07) is 8.55. The van der Waals surface area contributed by atoms with Gasteiger partial charge in [0.15, 0.2) is 5.96 Å². The van der Waals surface area contributed by atoms with Crippen LogP contribution in [0.5, 0.6) is 0 Å². The van der Waals surface area contributed by atoms with Crippen molar-refractivity contribution in [3.8, 4) is 0 Å². The van der Waals surface area contributed by atoms with Gasteiger partial charge in [-0.25, -0.2) is 0 Å². The predicted molar refractivity (Wildman–Crippen MR) is 77.0 cm³/mol. The van der Waals surface area contributed by atoms with Crippen molar-refractivity contribution in [1.29, 1.82) is 0 Å². The van der Waals surface area contributed by atoms with Crippen LogP contribution in [-0.4, -0.2) is 25.6 Å². The largest absolute Gasteiger partial charge is 0.385 e. The van der Waals surface area contributed by atoms with Crippen LogP contribution in [-0.2, 0) is 6.54 Å². The fourth-order valence-electron chi connectivity index (χ4n) is 1.85. The van der Waals surface area contributed by atoms with Gasteiger partial charge in [0.1, 0.15) is 0 Å². The Kier molecular flexibility index (Phi) is 4.88. The lowest BCUT2D eigenvalue weighted by molar-refractivity contribution is 0.702. The van der Waals surface area contributed by atoms with E-state index in [0.29, 0.717) is 0 Å². The molecule has 4 heteroatoms. The third-order valence-corrected chi connectivity index (χ3v) is 2.89. The van der Waals surface area contributed by atoms with E-state index < -0.39 is 0 Å². The lowest BCUT2D eigenvalue weighted by Gasteiger charge is -2.16. The van der Waals surface area contributed by atoms with Gasteiger partial charge in [-0.3, -0.25) is 4.99 Å². The van der Waals surface area contributed by atoms with Crippen LogP contribution in [0.1, 0.15) is 25.3 Å². The Morgan fingerprint density at radius 2 is 2.06 bits per heavy atom. The molecule has 1 aromatic carbocycles. The normalized spacial score (nSPS) is 14.6. The minimum atomic E-state index is 0.819. The van der Waals surface area contributed by atoms with Crippen molar-refractivity contribution in [2.24, 2.45) is 4.99 Å². The highest BCUT2D eigenvalue weighted by molar-refractivity contribution is 5.80. The Balaban J connectivity index is 1.80. The molecule has 0 atom stereocenters. The van der Waals surface area contributed by atoms with Gasteiger partial charge in [0.2, 0.25) is 0 Å². The predicted octanol–water partition coefficient (Wildman–Crippen LogP) is 1.95. The van der Waals surface area contributed by atoms with E-state index in [9.17, 15) is 0 Å². The van der Waals surface area contributed by atoms with Gasteiger partial charge in [0.25, 0.3) is 0 Å². The van der Waals surface area contributed by atoms with E-state index in [1.807, 2.05) is 0 Å². The summed E-state index contributed by atoms with van der Waals surface area (Å²) in [4.78, 5) is 4.38. The molecule has 98 valence electrons. The van der Waals surface area contributed by atoms with Gasteiger partial charge >= 0.3 is 0 Å². The molecule has 0 saturated carbocycles. The van der Waals surface area contributed by atoms with Crippen molar-refractivity contribution in [3.63, 3.8) is 0 Å². The zero-order chi connectivity index (χ0) is 12.6. The van der Waals surface area contributed by atoms with Crippen LogP contribution >= 0.6 is 0 Å². The van der Waals surface area contributed by atoms with Gasteiger partial charge in [-0.1, -0.05) is 19.1 Å². The van der Waals surface area contributed by atoms with Gasteiger partial charge in [-0.15, -0.1) is 0 Å². The summed E-state index contributed by atoms with van der Waals surface area (Å²) in [6.45, 7) is 5.96. The zero-order valence-electron chi connectivity index (χ0n) is 11.0. The molecule has 0 aliphatic carbocycles. The number of hydrogen-bond donors (Lipinski definition) is 3. The fourth-order valence-corrected chi connectivity index (χ4v) is 1.85. The van der Waals surface area contributed by atoms with E-state index in [2.05, 4.69) is 52.1 Å². The van der Waals surface area contributed by atoms with Crippen molar-refractivity contribution in [1.82, 2.24) is 10.6 Å². The molecular formula is C14H22N4. The van der Waals surface area contributed by atoms with Crippen molar-refractivity contribution in [3.05, 3.63) is 29.8 Å². The number of anilines is 1. The average molecular weight is 246 g/mol. The number of rotatable bonds is 5. The first-order valence-corrected chi connectivity index (χ1v) is 6.73. The molecule has 1 aliphatic heterocycles. The summed E-state index contributed by atoms with van der Waals surface area (Å²) in [5, 5.41) is 9.94. The molecule has 4 nitrogen and oxygen atoms in total. The first kappa shape index (κ1) is 12.7. The van der Waals surface area contributed by atoms with Gasteiger partial charge < -0.3 is 16.0 Å². The number of aliphatic imine (C=N–C) groups is 1. The topological polar surface area (TPSA) is 48.5 Å². The Morgan fingerprint density at radius 1 is 1.22 bits per heavy atom. The van der Waals surface area contributed by atoms with Crippen LogP contribution in [0.4, 0.5) is 5.69 Å². The van der Waals surface area contributed by atoms with E-state index in [0.717, 1.165) is 45.0 Å². The van der Waals surface area contributed by atoms with Crippen LogP contribution in [0.2, 0.25) is 0 Å². The van der Waals surface area contributed by atoms with Crippen LogP contribution in [0.25, 0.3) is 0 Å². The summed E-state index contributed by atoms with van der Waals surface area (Å²) in [5.41, 5.74) is 2.46. The molecule has 1 aliphatic rings. The number of nitrogens with one attached hydrogen (secondary N) is 3. The Hall–Kier alpha value is -1.71. The lowest BCUT2D eigenvalue weighted by Crippen LogP contribution is -2.40. The standard InChI is InChI=1S/C14H22N4/c1-2-8-15-13-6-4-12(5-7-13)11-18-14-16-9-3-10-17-14/h4-7,15H,2-3,8-11H2,1H3,(H2,16,17,18). The maximum absolute atomic E-state index is 4.38. The van der Waals surface area contributed by atoms with Crippen LogP contribution in [0.3, 0.4) is 0 Å². The van der Waals surface area contributed by atoms with Crippen molar-refractivity contribution >= 4 is 11.6 Å². The minimum Gasteiger partial charge on any atom is -0.385 e. The molecule has 3 N–H and O–H groups in total. The first-order valence-electron chi connectivity index (χ1n) is 6.73. The number of hydrogen-bond acceptors (Lipinski definition) is 4. The Labute approximate surface area is 109 Å². The molecule has 0 saturated heterocycles. The second-order valence-corrected chi connectivity index (χ2v) is 4.49. The van der Waals surface area contributed by atoms with Crippen molar-refractivity contribution < 1.29 is 0 Å². The van der Waals surface area contributed by atoms with Crippen LogP contribution in [0, 0.1) is 0 Å². The molecule has 1 heterocycles. The molecule has 0 fully saturated rings. The number of guanidine groups is 1. The molecule has 0 amide bonds.